The van der Waals surface area contributed by atoms with Crippen molar-refractivity contribution < 1.29 is 9.53 Å². The number of benzene rings is 2. The topological polar surface area (TPSA) is 50.7 Å². The number of rotatable bonds is 2. The molecule has 0 aromatic heterocycles. The number of hydrogen-bond acceptors (Lipinski definition) is 2. The molecule has 0 spiro atoms. The molecule has 0 radical (unpaired) electrons. The molecule has 2 aliphatic rings. The number of hydrogen-bond donors (Lipinski definition) is 1. The smallest absolute Gasteiger partial charge is 0.341 e. The Morgan fingerprint density at radius 1 is 1.24 bits per heavy atom. The molecule has 0 saturated carbocycles. The molecule has 3 atom stereocenters. The molecule has 0 bridgehead atoms. The highest BCUT2D eigenvalue weighted by atomic mass is 79.9. The van der Waals surface area contributed by atoms with Crippen LogP contribution < -0.4 is 10.1 Å². The third-order valence-electron chi connectivity index (χ3n) is 5.16. The first-order valence-electron chi connectivity index (χ1n) is 8.40. The lowest BCUT2D eigenvalue weighted by molar-refractivity contribution is 0.238. The number of halogens is 1. The Morgan fingerprint density at radius 2 is 2.04 bits per heavy atom. The van der Waals surface area contributed by atoms with Crippen molar-refractivity contribution in [1.82, 2.24) is 5.32 Å². The van der Waals surface area contributed by atoms with E-state index in [4.69, 9.17) is 4.74 Å². The first-order valence-corrected chi connectivity index (χ1v) is 9.19. The van der Waals surface area contributed by atoms with Crippen LogP contribution in [0, 0.1) is 5.92 Å². The van der Waals surface area contributed by atoms with Crippen molar-refractivity contribution >= 4 is 27.7 Å². The molecule has 1 aliphatic heterocycles. The Labute approximate surface area is 155 Å². The molecule has 25 heavy (non-hydrogen) atoms. The molecule has 5 heteroatoms. The molecule has 2 amide bonds. The zero-order valence-corrected chi connectivity index (χ0v) is 15.7. The largest absolute Gasteiger partial charge is 0.496 e. The number of amides is 2. The fourth-order valence-electron chi connectivity index (χ4n) is 3.98. The predicted octanol–water partition coefficient (Wildman–Crippen LogP) is 4.83. The zero-order valence-electron chi connectivity index (χ0n) is 14.1. The standard InChI is InChI=1S/C20H19BrN2O2/c1-11-9-15-18(12-7-8-17(25-2)16(21)10-12)22-20(24)23-19(15)14-6-4-3-5-13(11)14/h3-8,10-11,15,18H,9H2,1-2H3,(H,22,24). The van der Waals surface area contributed by atoms with E-state index in [0.717, 1.165) is 33.5 Å². The summed E-state index contributed by atoms with van der Waals surface area (Å²) in [6, 6.07) is 13.9. The van der Waals surface area contributed by atoms with E-state index in [-0.39, 0.29) is 18.0 Å². The Bertz CT molecular complexity index is 878. The summed E-state index contributed by atoms with van der Waals surface area (Å²) in [5.74, 6) is 1.38. The van der Waals surface area contributed by atoms with Crippen LogP contribution in [0.3, 0.4) is 0 Å². The van der Waals surface area contributed by atoms with Crippen molar-refractivity contribution in [3.63, 3.8) is 0 Å². The van der Waals surface area contributed by atoms with Gasteiger partial charge in [-0.2, -0.15) is 4.99 Å². The number of carbonyl (C=O) groups is 1. The van der Waals surface area contributed by atoms with Crippen LogP contribution in [0.15, 0.2) is 51.9 Å². The number of carbonyl (C=O) groups excluding carboxylic acids is 1. The minimum absolute atomic E-state index is 0.0852. The average molecular weight is 399 g/mol. The molecule has 1 heterocycles. The lowest BCUT2D eigenvalue weighted by Crippen LogP contribution is -2.43. The molecule has 4 rings (SSSR count). The monoisotopic (exact) mass is 398 g/mol. The van der Waals surface area contributed by atoms with Gasteiger partial charge in [-0.1, -0.05) is 37.3 Å². The van der Waals surface area contributed by atoms with Crippen LogP contribution in [-0.4, -0.2) is 18.9 Å². The van der Waals surface area contributed by atoms with Gasteiger partial charge >= 0.3 is 6.03 Å². The maximum Gasteiger partial charge on any atom is 0.341 e. The molecule has 4 nitrogen and oxygen atoms in total. The quantitative estimate of drug-likeness (QED) is 0.786. The van der Waals surface area contributed by atoms with Gasteiger partial charge in [-0.3, -0.25) is 0 Å². The number of urea groups is 1. The summed E-state index contributed by atoms with van der Waals surface area (Å²) in [7, 11) is 1.65. The summed E-state index contributed by atoms with van der Waals surface area (Å²) in [4.78, 5) is 16.6. The second kappa shape index (κ2) is 6.30. The normalized spacial score (nSPS) is 24.7. The van der Waals surface area contributed by atoms with Gasteiger partial charge in [-0.25, -0.2) is 4.79 Å². The summed E-state index contributed by atoms with van der Waals surface area (Å²) in [5.41, 5.74) is 4.36. The maximum absolute atomic E-state index is 12.3. The Kier molecular flexibility index (Phi) is 4.12. The Balaban J connectivity index is 1.79. The lowest BCUT2D eigenvalue weighted by Gasteiger charge is -2.38. The van der Waals surface area contributed by atoms with Crippen molar-refractivity contribution in [2.45, 2.75) is 25.3 Å². The van der Waals surface area contributed by atoms with Crippen molar-refractivity contribution in [3.8, 4) is 5.75 Å². The Hall–Kier alpha value is -2.14. The summed E-state index contributed by atoms with van der Waals surface area (Å²) in [5, 5.41) is 3.06. The fraction of sp³-hybridized carbons (Fsp3) is 0.300. The van der Waals surface area contributed by atoms with E-state index in [1.165, 1.54) is 5.56 Å². The van der Waals surface area contributed by atoms with Gasteiger partial charge in [0.2, 0.25) is 0 Å². The molecule has 2 aromatic rings. The van der Waals surface area contributed by atoms with Gasteiger partial charge in [0.15, 0.2) is 0 Å². The van der Waals surface area contributed by atoms with Gasteiger partial charge in [0.25, 0.3) is 0 Å². The van der Waals surface area contributed by atoms with Crippen molar-refractivity contribution in [2.24, 2.45) is 10.9 Å². The lowest BCUT2D eigenvalue weighted by atomic mass is 9.71. The van der Waals surface area contributed by atoms with Crippen molar-refractivity contribution in [3.05, 3.63) is 63.6 Å². The highest BCUT2D eigenvalue weighted by molar-refractivity contribution is 9.10. The number of nitrogens with one attached hydrogen (secondary N) is 1. The predicted molar refractivity (Wildman–Crippen MR) is 101 cm³/mol. The van der Waals surface area contributed by atoms with E-state index in [9.17, 15) is 4.79 Å². The molecule has 1 aliphatic carbocycles. The molecule has 128 valence electrons. The van der Waals surface area contributed by atoms with Crippen LogP contribution in [0.2, 0.25) is 0 Å². The zero-order chi connectivity index (χ0) is 17.6. The molecular weight excluding hydrogens is 380 g/mol. The number of ether oxygens (including phenoxy) is 1. The fourth-order valence-corrected chi connectivity index (χ4v) is 4.54. The Morgan fingerprint density at radius 3 is 2.80 bits per heavy atom. The molecule has 3 unspecified atom stereocenters. The van der Waals surface area contributed by atoms with E-state index in [1.54, 1.807) is 7.11 Å². The summed E-state index contributed by atoms with van der Waals surface area (Å²) in [6.07, 6.45) is 0.963. The highest BCUT2D eigenvalue weighted by Gasteiger charge is 2.39. The van der Waals surface area contributed by atoms with Crippen molar-refractivity contribution in [1.29, 1.82) is 0 Å². The van der Waals surface area contributed by atoms with Gasteiger partial charge in [0.1, 0.15) is 5.75 Å². The third kappa shape index (κ3) is 2.76. The number of nitrogens with zero attached hydrogens (tertiary/aromatic N) is 1. The molecule has 0 saturated heterocycles. The van der Waals surface area contributed by atoms with Gasteiger partial charge in [-0.05, 0) is 57.1 Å². The molecule has 2 aromatic carbocycles. The van der Waals surface area contributed by atoms with Crippen LogP contribution in [0.1, 0.15) is 42.0 Å². The highest BCUT2D eigenvalue weighted by Crippen LogP contribution is 2.43. The third-order valence-corrected chi connectivity index (χ3v) is 5.78. The van der Waals surface area contributed by atoms with Gasteiger partial charge in [-0.15, -0.1) is 0 Å². The molecular formula is C20H19BrN2O2. The van der Waals surface area contributed by atoms with Crippen LogP contribution >= 0.6 is 15.9 Å². The van der Waals surface area contributed by atoms with E-state index in [1.807, 2.05) is 24.3 Å². The maximum atomic E-state index is 12.3. The van der Waals surface area contributed by atoms with Crippen LogP contribution in [0.4, 0.5) is 4.79 Å². The van der Waals surface area contributed by atoms with Gasteiger partial charge < -0.3 is 10.1 Å². The average Bonchev–Trinajstić information content (AvgIpc) is 2.62. The van der Waals surface area contributed by atoms with Crippen LogP contribution in [-0.2, 0) is 0 Å². The molecule has 1 N–H and O–H groups in total. The number of aliphatic imine (C=N–C) groups is 1. The number of methoxy groups -OCH3 is 1. The van der Waals surface area contributed by atoms with E-state index in [0.29, 0.717) is 5.92 Å². The minimum atomic E-state index is -0.271. The van der Waals surface area contributed by atoms with Gasteiger partial charge in [0.05, 0.1) is 23.3 Å². The van der Waals surface area contributed by atoms with E-state index in [2.05, 4.69) is 51.4 Å². The summed E-state index contributed by atoms with van der Waals surface area (Å²) >= 11 is 3.55. The first kappa shape index (κ1) is 16.3. The number of fused-ring (bicyclic) bond motifs is 3. The second-order valence-corrected chi connectivity index (χ2v) is 7.50. The van der Waals surface area contributed by atoms with Crippen molar-refractivity contribution in [2.75, 3.05) is 7.11 Å². The van der Waals surface area contributed by atoms with Gasteiger partial charge in [0, 0.05) is 5.92 Å². The SMILES string of the molecule is COc1ccc(C2NC(=O)N=C3c4ccccc4C(C)CC32)cc1Br. The first-order chi connectivity index (χ1) is 12.1. The molecule has 0 fully saturated rings. The minimum Gasteiger partial charge on any atom is -0.496 e. The summed E-state index contributed by atoms with van der Waals surface area (Å²) in [6.45, 7) is 2.24. The van der Waals surface area contributed by atoms with E-state index < -0.39 is 0 Å². The van der Waals surface area contributed by atoms with E-state index >= 15 is 0 Å². The second-order valence-electron chi connectivity index (χ2n) is 6.65. The summed E-state index contributed by atoms with van der Waals surface area (Å²) < 4.78 is 6.20. The van der Waals surface area contributed by atoms with Crippen LogP contribution in [0.5, 0.6) is 5.75 Å². The van der Waals surface area contributed by atoms with Crippen LogP contribution in [0.25, 0.3) is 0 Å².